The second-order valence-electron chi connectivity index (χ2n) is 7.96. The highest BCUT2D eigenvalue weighted by molar-refractivity contribution is 6.30. The van der Waals surface area contributed by atoms with E-state index in [0.29, 0.717) is 42.7 Å². The molecule has 0 spiro atoms. The van der Waals surface area contributed by atoms with E-state index in [4.69, 9.17) is 21.1 Å². The van der Waals surface area contributed by atoms with E-state index in [0.717, 1.165) is 27.6 Å². The number of ether oxygens (including phenoxy) is 2. The van der Waals surface area contributed by atoms with Gasteiger partial charge in [0, 0.05) is 35.1 Å². The first-order valence-corrected chi connectivity index (χ1v) is 11.6. The normalized spacial score (nSPS) is 11.9. The Hall–Kier alpha value is -3.48. The summed E-state index contributed by atoms with van der Waals surface area (Å²) in [6, 6.07) is 20.3. The average Bonchev–Trinajstić information content (AvgIpc) is 3.25. The molecule has 4 rings (SSSR count). The Bertz CT molecular complexity index is 1250. The first kappa shape index (κ1) is 23.7. The number of nitrogens with one attached hydrogen (secondary N) is 2. The van der Waals surface area contributed by atoms with Crippen molar-refractivity contribution in [1.29, 1.82) is 0 Å². The number of hydrogen-bond donors (Lipinski definition) is 3. The summed E-state index contributed by atoms with van der Waals surface area (Å²) >= 11 is 5.94. The summed E-state index contributed by atoms with van der Waals surface area (Å²) in [5.41, 5.74) is 3.88. The lowest BCUT2D eigenvalue weighted by molar-refractivity contribution is -0.139. The third kappa shape index (κ3) is 5.90. The Balaban J connectivity index is 1.42. The van der Waals surface area contributed by atoms with Gasteiger partial charge in [0.1, 0.15) is 12.6 Å². The molecule has 3 aromatic carbocycles. The predicted octanol–water partition coefficient (Wildman–Crippen LogP) is 5.58. The Morgan fingerprint density at radius 2 is 1.79 bits per heavy atom. The van der Waals surface area contributed by atoms with Crippen LogP contribution in [0.4, 0.5) is 0 Å². The summed E-state index contributed by atoms with van der Waals surface area (Å²) in [5, 5.41) is 14.7. The summed E-state index contributed by atoms with van der Waals surface area (Å²) in [4.78, 5) is 15.1. The number of aromatic amines is 1. The maximum Gasteiger partial charge on any atom is 0.321 e. The van der Waals surface area contributed by atoms with E-state index in [1.165, 1.54) is 0 Å². The molecule has 0 radical (unpaired) electrons. The first-order valence-electron chi connectivity index (χ1n) is 11.2. The number of hydrogen-bond acceptors (Lipinski definition) is 4. The van der Waals surface area contributed by atoms with Crippen molar-refractivity contribution in [3.8, 4) is 11.5 Å². The number of aliphatic carboxylic acids is 1. The van der Waals surface area contributed by atoms with Crippen molar-refractivity contribution in [2.24, 2.45) is 0 Å². The smallest absolute Gasteiger partial charge is 0.321 e. The first-order chi connectivity index (χ1) is 16.5. The van der Waals surface area contributed by atoms with E-state index in [-0.39, 0.29) is 0 Å². The molecular weight excluding hydrogens is 452 g/mol. The van der Waals surface area contributed by atoms with Crippen molar-refractivity contribution in [3.05, 3.63) is 94.6 Å². The summed E-state index contributed by atoms with van der Waals surface area (Å²) in [6.45, 7) is 3.18. The van der Waals surface area contributed by atoms with Gasteiger partial charge in [-0.15, -0.1) is 0 Å². The van der Waals surface area contributed by atoms with Crippen LogP contribution in [0, 0.1) is 0 Å². The zero-order valence-corrected chi connectivity index (χ0v) is 19.6. The van der Waals surface area contributed by atoms with Crippen LogP contribution in [0.2, 0.25) is 5.02 Å². The lowest BCUT2D eigenvalue weighted by Crippen LogP contribution is -2.38. The average molecular weight is 479 g/mol. The lowest BCUT2D eigenvalue weighted by atomic mass is 10.0. The van der Waals surface area contributed by atoms with Gasteiger partial charge in [-0.1, -0.05) is 48.0 Å². The van der Waals surface area contributed by atoms with Crippen molar-refractivity contribution in [1.82, 2.24) is 10.3 Å². The third-order valence-corrected chi connectivity index (χ3v) is 5.82. The van der Waals surface area contributed by atoms with Gasteiger partial charge in [0.2, 0.25) is 0 Å². The van der Waals surface area contributed by atoms with E-state index < -0.39 is 12.0 Å². The number of carboxylic acid groups (broad SMARTS) is 1. The molecule has 0 bridgehead atoms. The second kappa shape index (κ2) is 11.1. The third-order valence-electron chi connectivity index (χ3n) is 5.57. The van der Waals surface area contributed by atoms with E-state index in [9.17, 15) is 9.90 Å². The van der Waals surface area contributed by atoms with Crippen LogP contribution in [0.1, 0.15) is 23.6 Å². The van der Waals surface area contributed by atoms with E-state index in [2.05, 4.69) is 10.3 Å². The molecule has 1 atom stereocenters. The van der Waals surface area contributed by atoms with Gasteiger partial charge in [0.15, 0.2) is 11.5 Å². The fourth-order valence-electron chi connectivity index (χ4n) is 3.80. The molecule has 1 heterocycles. The van der Waals surface area contributed by atoms with Crippen molar-refractivity contribution in [3.63, 3.8) is 0 Å². The number of carbonyl (C=O) groups is 1. The molecule has 0 amide bonds. The van der Waals surface area contributed by atoms with Crippen LogP contribution >= 0.6 is 11.6 Å². The molecule has 0 saturated carbocycles. The highest BCUT2D eigenvalue weighted by Crippen LogP contribution is 2.29. The Labute approximate surface area is 203 Å². The number of aromatic nitrogens is 1. The van der Waals surface area contributed by atoms with Crippen LogP contribution in [0.5, 0.6) is 11.5 Å². The molecule has 34 heavy (non-hydrogen) atoms. The fourth-order valence-corrected chi connectivity index (χ4v) is 3.93. The maximum absolute atomic E-state index is 11.9. The summed E-state index contributed by atoms with van der Waals surface area (Å²) in [6.07, 6.45) is 2.25. The van der Waals surface area contributed by atoms with E-state index in [1.54, 1.807) is 0 Å². The molecule has 0 aliphatic rings. The Morgan fingerprint density at radius 1 is 1.03 bits per heavy atom. The van der Waals surface area contributed by atoms with E-state index in [1.807, 2.05) is 79.9 Å². The maximum atomic E-state index is 11.9. The van der Waals surface area contributed by atoms with Gasteiger partial charge in [-0.2, -0.15) is 0 Å². The van der Waals surface area contributed by atoms with Crippen LogP contribution in [-0.2, 0) is 24.4 Å². The minimum Gasteiger partial charge on any atom is -0.490 e. The number of halogens is 1. The zero-order chi connectivity index (χ0) is 23.9. The molecule has 6 nitrogen and oxygen atoms in total. The van der Waals surface area contributed by atoms with E-state index >= 15 is 0 Å². The number of benzene rings is 3. The second-order valence-corrected chi connectivity index (χ2v) is 8.40. The van der Waals surface area contributed by atoms with Gasteiger partial charge in [-0.05, 0) is 53.9 Å². The number of rotatable bonds is 11. The number of para-hydroxylation sites is 1. The van der Waals surface area contributed by atoms with Gasteiger partial charge in [0.05, 0.1) is 6.61 Å². The van der Waals surface area contributed by atoms with Gasteiger partial charge < -0.3 is 24.9 Å². The lowest BCUT2D eigenvalue weighted by Gasteiger charge is -2.16. The van der Waals surface area contributed by atoms with Crippen LogP contribution in [0.25, 0.3) is 10.9 Å². The van der Waals surface area contributed by atoms with Crippen LogP contribution in [-0.4, -0.2) is 28.7 Å². The predicted molar refractivity (Wildman–Crippen MR) is 134 cm³/mol. The zero-order valence-electron chi connectivity index (χ0n) is 18.9. The van der Waals surface area contributed by atoms with Crippen LogP contribution in [0.3, 0.4) is 0 Å². The highest BCUT2D eigenvalue weighted by atomic mass is 35.5. The van der Waals surface area contributed by atoms with Crippen molar-refractivity contribution in [2.75, 3.05) is 6.61 Å². The van der Waals surface area contributed by atoms with Crippen LogP contribution in [0.15, 0.2) is 72.9 Å². The molecule has 0 saturated heterocycles. The molecule has 0 aliphatic heterocycles. The molecule has 3 N–H and O–H groups in total. The van der Waals surface area contributed by atoms with Gasteiger partial charge >= 0.3 is 5.97 Å². The standard InChI is InChI=1S/C27H27ClN2O4/c1-2-33-26-13-19(9-12-25(26)34-17-18-7-10-21(28)11-8-18)15-29-24(27(31)32)14-20-16-30-23-6-4-3-5-22(20)23/h3-13,16,24,29-30H,2,14-15,17H2,1H3,(H,31,32). The van der Waals surface area contributed by atoms with Crippen molar-refractivity contribution in [2.45, 2.75) is 32.5 Å². The van der Waals surface area contributed by atoms with Crippen molar-refractivity contribution < 1.29 is 19.4 Å². The minimum atomic E-state index is -0.891. The molecule has 0 aliphatic carbocycles. The van der Waals surface area contributed by atoms with Gasteiger partial charge in [-0.3, -0.25) is 4.79 Å². The summed E-state index contributed by atoms with van der Waals surface area (Å²) < 4.78 is 11.7. The van der Waals surface area contributed by atoms with Gasteiger partial charge in [0.25, 0.3) is 0 Å². The minimum absolute atomic E-state index is 0.375. The largest absolute Gasteiger partial charge is 0.490 e. The molecule has 0 fully saturated rings. The molecule has 1 unspecified atom stereocenters. The Kier molecular flexibility index (Phi) is 7.72. The summed E-state index contributed by atoms with van der Waals surface area (Å²) in [7, 11) is 0. The molecule has 176 valence electrons. The van der Waals surface area contributed by atoms with Gasteiger partial charge in [-0.25, -0.2) is 0 Å². The molecule has 1 aromatic heterocycles. The Morgan fingerprint density at radius 3 is 2.56 bits per heavy atom. The monoisotopic (exact) mass is 478 g/mol. The molecule has 4 aromatic rings. The van der Waals surface area contributed by atoms with Crippen molar-refractivity contribution >= 4 is 28.5 Å². The molecular formula is C27H27ClN2O4. The molecule has 7 heteroatoms. The quantitative estimate of drug-likeness (QED) is 0.262. The number of fused-ring (bicyclic) bond motifs is 1. The highest BCUT2D eigenvalue weighted by Gasteiger charge is 2.19. The number of H-pyrrole nitrogens is 1. The number of carboxylic acids is 1. The SMILES string of the molecule is CCOc1cc(CNC(Cc2c[nH]c3ccccc23)C(=O)O)ccc1OCc1ccc(Cl)cc1. The summed E-state index contributed by atoms with van der Waals surface area (Å²) in [5.74, 6) is 0.367. The fraction of sp³-hybridized carbons (Fsp3) is 0.222. The van der Waals surface area contributed by atoms with Crippen LogP contribution < -0.4 is 14.8 Å². The topological polar surface area (TPSA) is 83.6 Å².